The van der Waals surface area contributed by atoms with Crippen LogP contribution in [0.5, 0.6) is 11.5 Å². The van der Waals surface area contributed by atoms with Gasteiger partial charge in [0, 0.05) is 24.6 Å². The minimum absolute atomic E-state index is 0.00624. The normalized spacial score (nSPS) is 12.5. The molecule has 2 atom stereocenters. The van der Waals surface area contributed by atoms with Crippen LogP contribution in [0.2, 0.25) is 0 Å². The second kappa shape index (κ2) is 12.7. The molecule has 1 N–H and O–H groups in total. The number of halogens is 1. The first kappa shape index (κ1) is 25.2. The maximum Gasteiger partial charge on any atom is 0.242 e. The van der Waals surface area contributed by atoms with Gasteiger partial charge in [-0.1, -0.05) is 25.1 Å². The summed E-state index contributed by atoms with van der Waals surface area (Å²) >= 11 is 0. The zero-order chi connectivity index (χ0) is 23.5. The molecule has 0 saturated heterocycles. The zero-order valence-electron chi connectivity index (χ0n) is 19.3. The van der Waals surface area contributed by atoms with E-state index in [2.05, 4.69) is 5.32 Å². The average Bonchev–Trinajstić information content (AvgIpc) is 2.80. The molecule has 6 nitrogen and oxygen atoms in total. The first-order valence-corrected chi connectivity index (χ1v) is 11.0. The Morgan fingerprint density at radius 2 is 1.72 bits per heavy atom. The van der Waals surface area contributed by atoms with Gasteiger partial charge in [-0.15, -0.1) is 0 Å². The second-order valence-electron chi connectivity index (χ2n) is 7.73. The maximum atomic E-state index is 14.2. The van der Waals surface area contributed by atoms with E-state index in [0.29, 0.717) is 24.3 Å². The number of hydrogen-bond acceptors (Lipinski definition) is 4. The van der Waals surface area contributed by atoms with E-state index in [1.807, 2.05) is 13.8 Å². The van der Waals surface area contributed by atoms with Gasteiger partial charge in [0.25, 0.3) is 0 Å². The highest BCUT2D eigenvalue weighted by atomic mass is 19.1. The summed E-state index contributed by atoms with van der Waals surface area (Å²) in [4.78, 5) is 27.1. The molecule has 0 saturated carbocycles. The van der Waals surface area contributed by atoms with Crippen molar-refractivity contribution >= 4 is 11.8 Å². The summed E-state index contributed by atoms with van der Waals surface area (Å²) in [7, 11) is 1.60. The van der Waals surface area contributed by atoms with Crippen molar-refractivity contribution in [1.82, 2.24) is 10.2 Å². The Labute approximate surface area is 189 Å². The number of methoxy groups -OCH3 is 1. The minimum Gasteiger partial charge on any atom is -0.497 e. The number of nitrogens with zero attached hydrogens (tertiary/aromatic N) is 1. The molecule has 174 valence electrons. The fourth-order valence-corrected chi connectivity index (χ4v) is 3.09. The van der Waals surface area contributed by atoms with Gasteiger partial charge in [0.2, 0.25) is 11.8 Å². The van der Waals surface area contributed by atoms with Crippen molar-refractivity contribution in [1.29, 1.82) is 0 Å². The van der Waals surface area contributed by atoms with Crippen LogP contribution in [-0.2, 0) is 16.1 Å². The summed E-state index contributed by atoms with van der Waals surface area (Å²) < 4.78 is 25.0. The SMILES string of the molecule is CC[C@H](C)NC(=O)[C@@H](C)N(Cc1ccccc1F)C(=O)CCCOc1ccc(OC)cc1. The Hall–Kier alpha value is -3.09. The third-order valence-corrected chi connectivity index (χ3v) is 5.33. The lowest BCUT2D eigenvalue weighted by molar-refractivity contribution is -0.141. The lowest BCUT2D eigenvalue weighted by Crippen LogP contribution is -2.49. The summed E-state index contributed by atoms with van der Waals surface area (Å²) in [6.07, 6.45) is 1.44. The average molecular weight is 445 g/mol. The Kier molecular flexibility index (Phi) is 9.98. The van der Waals surface area contributed by atoms with E-state index in [-0.39, 0.29) is 30.8 Å². The lowest BCUT2D eigenvalue weighted by Gasteiger charge is -2.30. The van der Waals surface area contributed by atoms with Crippen LogP contribution in [0.25, 0.3) is 0 Å². The van der Waals surface area contributed by atoms with E-state index < -0.39 is 11.9 Å². The number of carbonyl (C=O) groups is 2. The molecule has 2 aromatic carbocycles. The van der Waals surface area contributed by atoms with Gasteiger partial charge in [-0.2, -0.15) is 0 Å². The molecule has 7 heteroatoms. The molecule has 0 heterocycles. The van der Waals surface area contributed by atoms with E-state index in [1.54, 1.807) is 56.5 Å². The molecule has 0 radical (unpaired) electrons. The van der Waals surface area contributed by atoms with E-state index in [4.69, 9.17) is 9.47 Å². The highest BCUT2D eigenvalue weighted by Gasteiger charge is 2.27. The third-order valence-electron chi connectivity index (χ3n) is 5.33. The molecular formula is C25H33FN2O4. The molecule has 32 heavy (non-hydrogen) atoms. The molecule has 0 bridgehead atoms. The van der Waals surface area contributed by atoms with Crippen LogP contribution in [0.15, 0.2) is 48.5 Å². The van der Waals surface area contributed by atoms with Crippen molar-refractivity contribution in [2.45, 2.75) is 58.7 Å². The van der Waals surface area contributed by atoms with Gasteiger partial charge in [0.1, 0.15) is 23.4 Å². The number of carbonyl (C=O) groups excluding carboxylic acids is 2. The second-order valence-corrected chi connectivity index (χ2v) is 7.73. The summed E-state index contributed by atoms with van der Waals surface area (Å²) in [5, 5.41) is 2.90. The van der Waals surface area contributed by atoms with Crippen LogP contribution >= 0.6 is 0 Å². The zero-order valence-corrected chi connectivity index (χ0v) is 19.3. The van der Waals surface area contributed by atoms with Crippen LogP contribution in [0.3, 0.4) is 0 Å². The molecule has 0 aromatic heterocycles. The van der Waals surface area contributed by atoms with Gasteiger partial charge in [-0.3, -0.25) is 9.59 Å². The third kappa shape index (κ3) is 7.55. The topological polar surface area (TPSA) is 67.9 Å². The van der Waals surface area contributed by atoms with Crippen molar-refractivity contribution in [3.63, 3.8) is 0 Å². The van der Waals surface area contributed by atoms with Crippen molar-refractivity contribution in [3.8, 4) is 11.5 Å². The first-order chi connectivity index (χ1) is 15.3. The quantitative estimate of drug-likeness (QED) is 0.495. The van der Waals surface area contributed by atoms with Crippen LogP contribution in [-0.4, -0.2) is 42.5 Å². The molecule has 0 fully saturated rings. The van der Waals surface area contributed by atoms with Gasteiger partial charge in [0.05, 0.1) is 13.7 Å². The predicted octanol–water partition coefficient (Wildman–Crippen LogP) is 4.33. The molecule has 2 amide bonds. The van der Waals surface area contributed by atoms with Crippen molar-refractivity contribution in [2.75, 3.05) is 13.7 Å². The number of benzene rings is 2. The summed E-state index contributed by atoms with van der Waals surface area (Å²) in [6.45, 7) is 5.92. The van der Waals surface area contributed by atoms with Crippen molar-refractivity contribution in [3.05, 3.63) is 59.9 Å². The highest BCUT2D eigenvalue weighted by Crippen LogP contribution is 2.18. The molecule has 2 rings (SSSR count). The number of rotatable bonds is 12. The van der Waals surface area contributed by atoms with Gasteiger partial charge >= 0.3 is 0 Å². The maximum absolute atomic E-state index is 14.2. The van der Waals surface area contributed by atoms with Crippen LogP contribution in [0.4, 0.5) is 4.39 Å². The van der Waals surface area contributed by atoms with Crippen LogP contribution in [0, 0.1) is 5.82 Å². The monoisotopic (exact) mass is 444 g/mol. The molecule has 2 aromatic rings. The predicted molar refractivity (Wildman–Crippen MR) is 122 cm³/mol. The summed E-state index contributed by atoms with van der Waals surface area (Å²) in [5.74, 6) is 0.545. The Morgan fingerprint density at radius 1 is 1.06 bits per heavy atom. The number of amides is 2. The van der Waals surface area contributed by atoms with Crippen LogP contribution in [0.1, 0.15) is 45.6 Å². The molecule has 0 aliphatic heterocycles. The van der Waals surface area contributed by atoms with Crippen LogP contribution < -0.4 is 14.8 Å². The lowest BCUT2D eigenvalue weighted by atomic mass is 10.1. The summed E-state index contributed by atoms with van der Waals surface area (Å²) in [5.41, 5.74) is 0.374. The largest absolute Gasteiger partial charge is 0.497 e. The van der Waals surface area contributed by atoms with Crippen molar-refractivity contribution < 1.29 is 23.5 Å². The summed E-state index contributed by atoms with van der Waals surface area (Å²) in [6, 6.07) is 12.8. The minimum atomic E-state index is -0.724. The molecular weight excluding hydrogens is 411 g/mol. The van der Waals surface area contributed by atoms with Gasteiger partial charge in [-0.25, -0.2) is 4.39 Å². The number of nitrogens with one attached hydrogen (secondary N) is 1. The van der Waals surface area contributed by atoms with E-state index in [0.717, 1.165) is 12.2 Å². The fourth-order valence-electron chi connectivity index (χ4n) is 3.09. The number of ether oxygens (including phenoxy) is 2. The van der Waals surface area contributed by atoms with E-state index in [1.165, 1.54) is 11.0 Å². The Bertz CT molecular complexity index is 873. The van der Waals surface area contributed by atoms with E-state index >= 15 is 0 Å². The number of hydrogen-bond donors (Lipinski definition) is 1. The Morgan fingerprint density at radius 3 is 2.34 bits per heavy atom. The van der Waals surface area contributed by atoms with E-state index in [9.17, 15) is 14.0 Å². The smallest absolute Gasteiger partial charge is 0.242 e. The molecule has 0 spiro atoms. The fraction of sp³-hybridized carbons (Fsp3) is 0.440. The first-order valence-electron chi connectivity index (χ1n) is 11.0. The van der Waals surface area contributed by atoms with Gasteiger partial charge in [-0.05, 0) is 57.0 Å². The molecule has 0 aliphatic rings. The van der Waals surface area contributed by atoms with Gasteiger partial charge in [0.15, 0.2) is 0 Å². The van der Waals surface area contributed by atoms with Gasteiger partial charge < -0.3 is 19.7 Å². The Balaban J connectivity index is 2.00. The van der Waals surface area contributed by atoms with Crippen molar-refractivity contribution in [2.24, 2.45) is 0 Å². The standard InChI is InChI=1S/C25H33FN2O4/c1-5-18(2)27-25(30)19(3)28(17-20-9-6-7-10-23(20)26)24(29)11-8-16-32-22-14-12-21(31-4)13-15-22/h6-7,9-10,12-15,18-19H,5,8,11,16-17H2,1-4H3,(H,27,30)/t18-,19+/m0/s1. The molecule has 0 unspecified atom stereocenters. The molecule has 0 aliphatic carbocycles. The highest BCUT2D eigenvalue weighted by molar-refractivity contribution is 5.87.